The molecule has 2 N–H and O–H groups in total. The quantitative estimate of drug-likeness (QED) is 0.394. The van der Waals surface area contributed by atoms with Crippen LogP contribution in [0.2, 0.25) is 0 Å². The molecule has 2 atom stereocenters. The normalized spacial score (nSPS) is 20.5. The minimum atomic E-state index is -1.15. The van der Waals surface area contributed by atoms with Crippen molar-refractivity contribution in [3.63, 3.8) is 0 Å². The lowest BCUT2D eigenvalue weighted by Crippen LogP contribution is -2.70. The fourth-order valence-electron chi connectivity index (χ4n) is 3.22. The number of fused-ring (bicyclic) bond motifs is 1. The molecule has 0 spiro atoms. The molecule has 2 amide bonds. The van der Waals surface area contributed by atoms with E-state index in [1.54, 1.807) is 6.20 Å². The second kappa shape index (κ2) is 8.92. The van der Waals surface area contributed by atoms with Crippen molar-refractivity contribution in [2.45, 2.75) is 36.1 Å². The van der Waals surface area contributed by atoms with Crippen LogP contribution in [0.25, 0.3) is 0 Å². The number of thioether (sulfide) groups is 2. The number of carbonyl (C=O) groups excluding carboxylic acids is 2. The van der Waals surface area contributed by atoms with Crippen molar-refractivity contribution in [1.82, 2.24) is 30.2 Å². The highest BCUT2D eigenvalue weighted by Crippen LogP contribution is 2.41. The van der Waals surface area contributed by atoms with Crippen LogP contribution < -0.4 is 5.32 Å². The number of aliphatic carboxylic acids is 1. The number of nitrogens with zero attached hydrogens (tertiary/aromatic N) is 5. The van der Waals surface area contributed by atoms with Gasteiger partial charge in [0.05, 0.1) is 10.2 Å². The summed E-state index contributed by atoms with van der Waals surface area (Å²) in [6.07, 6.45) is 1.69. The summed E-state index contributed by atoms with van der Waals surface area (Å²) < 4.78 is 3.03. The van der Waals surface area contributed by atoms with Crippen LogP contribution >= 0.6 is 50.8 Å². The maximum Gasteiger partial charge on any atom is 0.352 e. The maximum atomic E-state index is 12.7. The molecule has 10 nitrogen and oxygen atoms in total. The standard InChI is InChI=1S/C17H17BrN6O4S3/c1-7-10(18)3-23(22-7)4-11(25)19-12-14(26)24-13(16(27)28)9(5-29-15(12)24)6-30-17-21-20-8(2)31-17/h3,12,15H,4-6H2,1-2H3,(H,19,25)(H,27,28). The number of hydrogen-bond donors (Lipinski definition) is 2. The van der Waals surface area contributed by atoms with E-state index in [9.17, 15) is 19.5 Å². The number of carboxylic acids is 1. The Morgan fingerprint density at radius 3 is 2.77 bits per heavy atom. The van der Waals surface area contributed by atoms with Crippen molar-refractivity contribution in [3.05, 3.63) is 32.6 Å². The van der Waals surface area contributed by atoms with Gasteiger partial charge in [-0.3, -0.25) is 19.2 Å². The van der Waals surface area contributed by atoms with Gasteiger partial charge in [-0.05, 0) is 35.4 Å². The van der Waals surface area contributed by atoms with Gasteiger partial charge in [-0.1, -0.05) is 23.1 Å². The Balaban J connectivity index is 1.42. The highest BCUT2D eigenvalue weighted by atomic mass is 79.9. The number of hydrogen-bond acceptors (Lipinski definition) is 9. The van der Waals surface area contributed by atoms with E-state index < -0.39 is 23.3 Å². The zero-order chi connectivity index (χ0) is 22.3. The van der Waals surface area contributed by atoms with E-state index in [-0.39, 0.29) is 18.1 Å². The number of nitrogens with one attached hydrogen (secondary N) is 1. The van der Waals surface area contributed by atoms with Crippen molar-refractivity contribution < 1.29 is 19.5 Å². The molecule has 0 radical (unpaired) electrons. The number of amides is 2. The zero-order valence-corrected chi connectivity index (χ0v) is 20.4. The minimum Gasteiger partial charge on any atom is -0.477 e. The molecule has 2 aliphatic rings. The van der Waals surface area contributed by atoms with Gasteiger partial charge in [-0.15, -0.1) is 22.0 Å². The minimum absolute atomic E-state index is 0.000354. The van der Waals surface area contributed by atoms with Gasteiger partial charge in [0, 0.05) is 17.7 Å². The first-order valence-electron chi connectivity index (χ1n) is 9.06. The van der Waals surface area contributed by atoms with Gasteiger partial charge < -0.3 is 10.4 Å². The zero-order valence-electron chi connectivity index (χ0n) is 16.4. The first-order valence-corrected chi connectivity index (χ1v) is 12.7. The Kier molecular flexibility index (Phi) is 6.42. The third kappa shape index (κ3) is 4.52. The van der Waals surface area contributed by atoms with Gasteiger partial charge in [0.2, 0.25) is 5.91 Å². The van der Waals surface area contributed by atoms with E-state index in [1.165, 1.54) is 44.4 Å². The van der Waals surface area contributed by atoms with Gasteiger partial charge in [0.15, 0.2) is 4.34 Å². The van der Waals surface area contributed by atoms with Gasteiger partial charge >= 0.3 is 5.97 Å². The van der Waals surface area contributed by atoms with Crippen LogP contribution in [0, 0.1) is 13.8 Å². The van der Waals surface area contributed by atoms with Crippen molar-refractivity contribution in [2.75, 3.05) is 11.5 Å². The monoisotopic (exact) mass is 544 g/mol. The van der Waals surface area contributed by atoms with Crippen LogP contribution in [0.1, 0.15) is 10.7 Å². The van der Waals surface area contributed by atoms with Crippen LogP contribution in [-0.2, 0) is 20.9 Å². The molecule has 0 bridgehead atoms. The first-order chi connectivity index (χ1) is 14.7. The highest BCUT2D eigenvalue weighted by Gasteiger charge is 2.54. The summed E-state index contributed by atoms with van der Waals surface area (Å²) in [5.74, 6) is -1.06. The van der Waals surface area contributed by atoms with E-state index in [1.807, 2.05) is 13.8 Å². The van der Waals surface area contributed by atoms with E-state index in [2.05, 4.69) is 36.5 Å². The molecular weight excluding hydrogens is 528 g/mol. The highest BCUT2D eigenvalue weighted by molar-refractivity contribution is 9.10. The van der Waals surface area contributed by atoms with Crippen LogP contribution in [-0.4, -0.2) is 70.7 Å². The number of rotatable bonds is 7. The summed E-state index contributed by atoms with van der Waals surface area (Å²) in [5, 5.41) is 25.0. The Bertz CT molecular complexity index is 1080. The third-order valence-corrected chi connectivity index (χ3v) is 8.81. The Morgan fingerprint density at radius 1 is 1.39 bits per heavy atom. The van der Waals surface area contributed by atoms with Crippen LogP contribution in [0.15, 0.2) is 26.3 Å². The molecule has 164 valence electrons. The fraction of sp³-hybridized carbons (Fsp3) is 0.412. The van der Waals surface area contributed by atoms with Gasteiger partial charge in [0.1, 0.15) is 28.7 Å². The molecule has 1 saturated heterocycles. The number of β-lactam (4-membered cyclic amide) rings is 1. The molecule has 2 aliphatic heterocycles. The maximum absolute atomic E-state index is 12.7. The molecule has 2 unspecified atom stereocenters. The second-order valence-corrected chi connectivity index (χ2v) is 11.2. The molecule has 0 aromatic carbocycles. The largest absolute Gasteiger partial charge is 0.477 e. The van der Waals surface area contributed by atoms with Crippen molar-refractivity contribution in [3.8, 4) is 0 Å². The lowest BCUT2D eigenvalue weighted by atomic mass is 10.0. The Hall–Kier alpha value is -1.90. The number of carboxylic acid groups (broad SMARTS) is 1. The second-order valence-electron chi connectivity index (χ2n) is 6.85. The van der Waals surface area contributed by atoms with Crippen molar-refractivity contribution in [2.24, 2.45) is 0 Å². The summed E-state index contributed by atoms with van der Waals surface area (Å²) in [7, 11) is 0. The molecule has 2 aromatic heterocycles. The number of aryl methyl sites for hydroxylation is 2. The van der Waals surface area contributed by atoms with Crippen LogP contribution in [0.3, 0.4) is 0 Å². The molecule has 0 aliphatic carbocycles. The van der Waals surface area contributed by atoms with E-state index in [0.717, 1.165) is 19.5 Å². The molecule has 0 saturated carbocycles. The summed E-state index contributed by atoms with van der Waals surface area (Å²) in [4.78, 5) is 38.3. The van der Waals surface area contributed by atoms with E-state index in [0.29, 0.717) is 17.1 Å². The third-order valence-electron chi connectivity index (χ3n) is 4.64. The summed E-state index contributed by atoms with van der Waals surface area (Å²) in [6.45, 7) is 3.63. The SMILES string of the molecule is Cc1nnc(SCC2=C(C(=O)O)N3C(=O)C(NC(=O)Cn4cc(Br)c(C)n4)C3SC2)s1. The lowest BCUT2D eigenvalue weighted by Gasteiger charge is -2.49. The Labute approximate surface area is 198 Å². The smallest absolute Gasteiger partial charge is 0.352 e. The molecule has 31 heavy (non-hydrogen) atoms. The number of aromatic nitrogens is 4. The van der Waals surface area contributed by atoms with Gasteiger partial charge in [-0.2, -0.15) is 5.10 Å². The average Bonchev–Trinajstić information content (AvgIpc) is 3.27. The van der Waals surface area contributed by atoms with Crippen molar-refractivity contribution >= 4 is 68.6 Å². The lowest BCUT2D eigenvalue weighted by molar-refractivity contribution is -0.150. The van der Waals surface area contributed by atoms with Crippen molar-refractivity contribution in [1.29, 1.82) is 0 Å². The molecule has 14 heteroatoms. The summed E-state index contributed by atoms with van der Waals surface area (Å²) in [6, 6.07) is -0.757. The Morgan fingerprint density at radius 2 is 2.16 bits per heavy atom. The summed E-state index contributed by atoms with van der Waals surface area (Å²) in [5.41, 5.74) is 1.41. The molecule has 1 fully saturated rings. The van der Waals surface area contributed by atoms with E-state index >= 15 is 0 Å². The van der Waals surface area contributed by atoms with E-state index in [4.69, 9.17) is 0 Å². The predicted molar refractivity (Wildman–Crippen MR) is 120 cm³/mol. The van der Waals surface area contributed by atoms with Crippen LogP contribution in [0.4, 0.5) is 0 Å². The van der Waals surface area contributed by atoms with Crippen LogP contribution in [0.5, 0.6) is 0 Å². The number of halogens is 1. The number of carbonyl (C=O) groups is 3. The fourth-order valence-corrected chi connectivity index (χ4v) is 6.84. The molecule has 2 aromatic rings. The molecule has 4 heterocycles. The van der Waals surface area contributed by atoms with Gasteiger partial charge in [0.25, 0.3) is 5.91 Å². The average molecular weight is 545 g/mol. The van der Waals surface area contributed by atoms with Gasteiger partial charge in [-0.25, -0.2) is 4.79 Å². The molecule has 4 rings (SSSR count). The molecular formula is C17H17BrN6O4S3. The predicted octanol–water partition coefficient (Wildman–Crippen LogP) is 1.64. The first kappa shape index (κ1) is 22.3. The summed E-state index contributed by atoms with van der Waals surface area (Å²) >= 11 is 7.63. The topological polar surface area (TPSA) is 130 Å².